The van der Waals surface area contributed by atoms with E-state index < -0.39 is 66.2 Å². The van der Waals surface area contributed by atoms with Gasteiger partial charge in [-0.3, -0.25) is 24.0 Å². The van der Waals surface area contributed by atoms with Gasteiger partial charge in [0.2, 0.25) is 23.6 Å². The predicted molar refractivity (Wildman–Crippen MR) is 208 cm³/mol. The number of nitrogens with two attached hydrogens (primary N) is 1. The zero-order valence-corrected chi connectivity index (χ0v) is 32.2. The van der Waals surface area contributed by atoms with E-state index in [1.165, 1.54) is 18.9 Å². The van der Waals surface area contributed by atoms with Crippen LogP contribution in [-0.2, 0) is 57.9 Å². The number of nitrogens with zero attached hydrogens (tertiary/aromatic N) is 1. The van der Waals surface area contributed by atoms with Gasteiger partial charge in [-0.1, -0.05) is 105 Å². The molecule has 0 spiro atoms. The summed E-state index contributed by atoms with van der Waals surface area (Å²) < 4.78 is 11.0. The number of likely N-dealkylation sites (N-methyl/N-ethyl adjacent to an activating group) is 1. The van der Waals surface area contributed by atoms with Crippen molar-refractivity contribution in [3.8, 4) is 0 Å². The molecule has 0 aliphatic carbocycles. The molecule has 3 aromatic carbocycles. The molecular weight excluding hydrogens is 702 g/mol. The third-order valence-electron chi connectivity index (χ3n) is 8.79. The van der Waals surface area contributed by atoms with Gasteiger partial charge in [0.15, 0.2) is 0 Å². The van der Waals surface area contributed by atoms with Crippen molar-refractivity contribution in [3.05, 3.63) is 108 Å². The normalized spacial score (nSPS) is 13.1. The van der Waals surface area contributed by atoms with Crippen molar-refractivity contribution < 1.29 is 38.2 Å². The molecule has 0 radical (unpaired) electrons. The Morgan fingerprint density at radius 3 is 1.73 bits per heavy atom. The lowest BCUT2D eigenvalue weighted by Gasteiger charge is -2.33. The van der Waals surface area contributed by atoms with Crippen molar-refractivity contribution in [1.29, 1.82) is 0 Å². The second kappa shape index (κ2) is 23.3. The molecule has 296 valence electrons. The van der Waals surface area contributed by atoms with Crippen molar-refractivity contribution in [3.63, 3.8) is 0 Å². The summed E-state index contributed by atoms with van der Waals surface area (Å²) >= 11 is 0. The Balaban J connectivity index is 1.88. The minimum Gasteiger partial charge on any atom is -0.461 e. The van der Waals surface area contributed by atoms with Gasteiger partial charge in [-0.05, 0) is 54.8 Å². The lowest BCUT2D eigenvalue weighted by molar-refractivity contribution is -0.155. The summed E-state index contributed by atoms with van der Waals surface area (Å²) in [7, 11) is 1.46. The highest BCUT2D eigenvalue weighted by atomic mass is 16.5. The molecule has 0 unspecified atom stereocenters. The number of carbonyl (C=O) groups is 6. The first-order valence-electron chi connectivity index (χ1n) is 18.7. The van der Waals surface area contributed by atoms with Crippen LogP contribution in [0.25, 0.3) is 0 Å². The van der Waals surface area contributed by atoms with E-state index in [0.717, 1.165) is 11.1 Å². The molecule has 0 bridgehead atoms. The Labute approximate surface area is 323 Å². The molecule has 3 aromatic rings. The minimum absolute atomic E-state index is 0.0357. The van der Waals surface area contributed by atoms with Crippen molar-refractivity contribution in [2.24, 2.45) is 11.7 Å². The molecule has 13 heteroatoms. The van der Waals surface area contributed by atoms with E-state index in [2.05, 4.69) is 16.0 Å². The molecular formula is C42H55N5O8. The Morgan fingerprint density at radius 2 is 1.20 bits per heavy atom. The summed E-state index contributed by atoms with van der Waals surface area (Å²) in [6.45, 7) is 5.41. The second-order valence-electron chi connectivity index (χ2n) is 13.9. The van der Waals surface area contributed by atoms with Gasteiger partial charge in [-0.2, -0.15) is 0 Å². The van der Waals surface area contributed by atoms with E-state index in [4.69, 9.17) is 15.2 Å². The monoisotopic (exact) mass is 757 g/mol. The van der Waals surface area contributed by atoms with Gasteiger partial charge in [-0.15, -0.1) is 0 Å². The molecule has 0 saturated heterocycles. The zero-order valence-electron chi connectivity index (χ0n) is 32.2. The fourth-order valence-electron chi connectivity index (χ4n) is 5.87. The van der Waals surface area contributed by atoms with E-state index in [1.54, 1.807) is 72.8 Å². The van der Waals surface area contributed by atoms with Crippen molar-refractivity contribution in [2.45, 2.75) is 96.7 Å². The van der Waals surface area contributed by atoms with E-state index in [-0.39, 0.29) is 32.0 Å². The van der Waals surface area contributed by atoms with Crippen LogP contribution in [-0.4, -0.2) is 78.2 Å². The van der Waals surface area contributed by atoms with Crippen molar-refractivity contribution in [1.82, 2.24) is 20.9 Å². The maximum atomic E-state index is 14.3. The standard InChI is InChI=1S/C42H55N5O8/c1-29(2)24-35(45-39(50)34(44-30(3)48)22-14-15-23-43)41(52)47(4)37(25-31-16-8-5-9-17-31)40(51)46-36(42(53)55-28-33-20-12-7-13-21-33)26-38(49)54-27-32-18-10-6-11-19-32/h5-13,16-21,29,34-37H,14-15,22-28,43H2,1-4H3,(H,44,48)(H,45,50)(H,46,51)/t34-,35-,36-,37-/m0/s1. The number of hydrogen-bond donors (Lipinski definition) is 4. The molecule has 3 rings (SSSR count). The molecule has 0 heterocycles. The van der Waals surface area contributed by atoms with Crippen LogP contribution in [0.1, 0.15) is 69.6 Å². The van der Waals surface area contributed by atoms with Gasteiger partial charge < -0.3 is 36.1 Å². The second-order valence-corrected chi connectivity index (χ2v) is 13.9. The van der Waals surface area contributed by atoms with Crippen LogP contribution in [0, 0.1) is 5.92 Å². The maximum absolute atomic E-state index is 14.3. The SMILES string of the molecule is CC(=O)N[C@@H](CCCCN)C(=O)N[C@@H](CC(C)C)C(=O)N(C)[C@@H](Cc1ccccc1)C(=O)N[C@@H](CC(=O)OCc1ccccc1)C(=O)OCc1ccccc1. The number of rotatable bonds is 22. The van der Waals surface area contributed by atoms with Crippen molar-refractivity contribution >= 4 is 35.6 Å². The number of unbranched alkanes of at least 4 members (excludes halogenated alkanes) is 1. The maximum Gasteiger partial charge on any atom is 0.329 e. The number of nitrogens with one attached hydrogen (secondary N) is 3. The van der Waals surface area contributed by atoms with E-state index in [1.807, 2.05) is 32.0 Å². The van der Waals surface area contributed by atoms with Crippen LogP contribution >= 0.6 is 0 Å². The van der Waals surface area contributed by atoms with Crippen LogP contribution in [0.2, 0.25) is 0 Å². The molecule has 5 N–H and O–H groups in total. The number of ether oxygens (including phenoxy) is 2. The quantitative estimate of drug-likeness (QED) is 0.0879. The Hall–Kier alpha value is -5.56. The molecule has 13 nitrogen and oxygen atoms in total. The zero-order chi connectivity index (χ0) is 40.2. The van der Waals surface area contributed by atoms with Gasteiger partial charge in [0, 0.05) is 20.4 Å². The van der Waals surface area contributed by atoms with Crippen molar-refractivity contribution in [2.75, 3.05) is 13.6 Å². The smallest absolute Gasteiger partial charge is 0.329 e. The van der Waals surface area contributed by atoms with Crippen LogP contribution in [0.4, 0.5) is 0 Å². The van der Waals surface area contributed by atoms with Crippen LogP contribution in [0.5, 0.6) is 0 Å². The predicted octanol–water partition coefficient (Wildman–Crippen LogP) is 3.58. The fourth-order valence-corrected chi connectivity index (χ4v) is 5.87. The molecule has 4 atom stereocenters. The lowest BCUT2D eigenvalue weighted by atomic mass is 9.98. The highest BCUT2D eigenvalue weighted by molar-refractivity contribution is 5.95. The average Bonchev–Trinajstić information content (AvgIpc) is 3.17. The molecule has 0 aromatic heterocycles. The first-order chi connectivity index (χ1) is 26.4. The summed E-state index contributed by atoms with van der Waals surface area (Å²) in [6.07, 6.45) is 1.34. The van der Waals surface area contributed by atoms with E-state index in [0.29, 0.717) is 31.4 Å². The highest BCUT2D eigenvalue weighted by Gasteiger charge is 2.36. The summed E-state index contributed by atoms with van der Waals surface area (Å²) in [5, 5.41) is 8.16. The number of carbonyl (C=O) groups excluding carboxylic acids is 6. The van der Waals surface area contributed by atoms with E-state index >= 15 is 0 Å². The number of esters is 2. The van der Waals surface area contributed by atoms with Crippen LogP contribution < -0.4 is 21.7 Å². The molecule has 0 aliphatic rings. The average molecular weight is 758 g/mol. The first-order valence-corrected chi connectivity index (χ1v) is 18.7. The molecule has 4 amide bonds. The van der Waals surface area contributed by atoms with Crippen LogP contribution in [0.15, 0.2) is 91.0 Å². The third-order valence-corrected chi connectivity index (χ3v) is 8.79. The Morgan fingerprint density at radius 1 is 0.673 bits per heavy atom. The molecule has 55 heavy (non-hydrogen) atoms. The fraction of sp³-hybridized carbons (Fsp3) is 0.429. The summed E-state index contributed by atoms with van der Waals surface area (Å²) in [5.74, 6) is -3.82. The van der Waals surface area contributed by atoms with Gasteiger partial charge in [0.05, 0.1) is 6.42 Å². The summed E-state index contributed by atoms with van der Waals surface area (Å²) in [5.41, 5.74) is 7.81. The van der Waals surface area contributed by atoms with Gasteiger partial charge in [0.25, 0.3) is 0 Å². The lowest BCUT2D eigenvalue weighted by Crippen LogP contribution is -2.59. The summed E-state index contributed by atoms with van der Waals surface area (Å²) in [6, 6.07) is 22.5. The topological polar surface area (TPSA) is 186 Å². The number of hydrogen-bond acceptors (Lipinski definition) is 9. The van der Waals surface area contributed by atoms with Gasteiger partial charge >= 0.3 is 11.9 Å². The largest absolute Gasteiger partial charge is 0.461 e. The Bertz CT molecular complexity index is 1670. The highest BCUT2D eigenvalue weighted by Crippen LogP contribution is 2.16. The molecule has 0 saturated carbocycles. The first kappa shape index (κ1) is 43.8. The molecule has 0 fully saturated rings. The molecule has 0 aliphatic heterocycles. The van der Waals surface area contributed by atoms with E-state index in [9.17, 15) is 28.8 Å². The van der Waals surface area contributed by atoms with Gasteiger partial charge in [0.1, 0.15) is 37.4 Å². The van der Waals surface area contributed by atoms with Crippen LogP contribution in [0.3, 0.4) is 0 Å². The number of amides is 4. The number of benzene rings is 3. The van der Waals surface area contributed by atoms with Gasteiger partial charge in [-0.25, -0.2) is 4.79 Å². The minimum atomic E-state index is -1.45. The Kier molecular flexibility index (Phi) is 18.6. The third kappa shape index (κ3) is 15.8. The summed E-state index contributed by atoms with van der Waals surface area (Å²) in [4.78, 5) is 81.9.